The maximum Gasteiger partial charge on any atom is 0.151 e. The molecule has 0 saturated carbocycles. The number of nitrogens with one attached hydrogen (secondary N) is 1. The Morgan fingerprint density at radius 2 is 2.00 bits per heavy atom. The van der Waals surface area contributed by atoms with E-state index < -0.39 is 0 Å². The van der Waals surface area contributed by atoms with Crippen molar-refractivity contribution < 1.29 is 0 Å². The Balaban J connectivity index is 2.67. The van der Waals surface area contributed by atoms with E-state index >= 15 is 0 Å². The van der Waals surface area contributed by atoms with Crippen molar-refractivity contribution in [3.63, 3.8) is 0 Å². The zero-order valence-electron chi connectivity index (χ0n) is 16.1. The summed E-state index contributed by atoms with van der Waals surface area (Å²) in [6.45, 7) is 1.79. The van der Waals surface area contributed by atoms with E-state index in [1.807, 2.05) is 37.5 Å². The summed E-state index contributed by atoms with van der Waals surface area (Å²) < 4.78 is 0. The number of allylic oxidation sites excluding steroid dienone is 3. The lowest BCUT2D eigenvalue weighted by Crippen LogP contribution is -2.15. The number of unbranched alkanes of at least 4 members (excludes halogenated alkanes) is 4. The van der Waals surface area contributed by atoms with Crippen molar-refractivity contribution in [1.29, 1.82) is 0 Å². The van der Waals surface area contributed by atoms with Crippen LogP contribution in [0, 0.1) is 5.92 Å². The van der Waals surface area contributed by atoms with Crippen LogP contribution in [0.5, 0.6) is 0 Å². The summed E-state index contributed by atoms with van der Waals surface area (Å²) in [5.41, 5.74) is 12.5. The minimum absolute atomic E-state index is 0.479. The number of aliphatic imine (C=N–C) groups is 1. The zero-order chi connectivity index (χ0) is 18.9. The third-order valence-electron chi connectivity index (χ3n) is 4.38. The first kappa shape index (κ1) is 22.1. The van der Waals surface area contributed by atoms with E-state index in [0.717, 1.165) is 32.4 Å². The van der Waals surface area contributed by atoms with Gasteiger partial charge in [0.15, 0.2) is 5.82 Å². The summed E-state index contributed by atoms with van der Waals surface area (Å²) in [5.74, 6) is 1.19. The molecule has 0 aliphatic rings. The second-order valence-corrected chi connectivity index (χ2v) is 6.43. The molecule has 0 aliphatic heterocycles. The summed E-state index contributed by atoms with van der Waals surface area (Å²) >= 11 is 0. The Morgan fingerprint density at radius 1 is 1.19 bits per heavy atom. The fourth-order valence-corrected chi connectivity index (χ4v) is 2.93. The second-order valence-electron chi connectivity index (χ2n) is 6.43. The van der Waals surface area contributed by atoms with Crippen LogP contribution in [0.3, 0.4) is 0 Å². The molecule has 5 heteroatoms. The highest BCUT2D eigenvalue weighted by molar-refractivity contribution is 5.75. The van der Waals surface area contributed by atoms with Gasteiger partial charge in [-0.1, -0.05) is 31.7 Å². The molecule has 0 amide bonds. The topological polar surface area (TPSA) is 89.3 Å². The summed E-state index contributed by atoms with van der Waals surface area (Å²) in [4.78, 5) is 8.62. The molecular weight excluding hydrogens is 322 g/mol. The van der Waals surface area contributed by atoms with Crippen LogP contribution in [-0.2, 0) is 0 Å². The van der Waals surface area contributed by atoms with Crippen LogP contribution in [0.25, 0.3) is 0 Å². The molecule has 1 atom stereocenters. The van der Waals surface area contributed by atoms with Crippen LogP contribution >= 0.6 is 0 Å². The van der Waals surface area contributed by atoms with Crippen molar-refractivity contribution in [3.05, 3.63) is 48.3 Å². The van der Waals surface area contributed by atoms with Gasteiger partial charge in [-0.3, -0.25) is 0 Å². The Labute approximate surface area is 158 Å². The van der Waals surface area contributed by atoms with E-state index in [2.05, 4.69) is 21.4 Å². The van der Waals surface area contributed by atoms with Crippen LogP contribution in [0.1, 0.15) is 44.9 Å². The average molecular weight is 358 g/mol. The van der Waals surface area contributed by atoms with Crippen LogP contribution in [0.2, 0.25) is 0 Å². The lowest BCUT2D eigenvalue weighted by atomic mass is 9.89. The predicted molar refractivity (Wildman–Crippen MR) is 113 cm³/mol. The van der Waals surface area contributed by atoms with Crippen LogP contribution in [-0.4, -0.2) is 31.3 Å². The number of rotatable bonds is 14. The normalized spacial score (nSPS) is 13.7. The molecule has 0 aliphatic carbocycles. The SMILES string of the molecule is CNCCC(CCCCCCCN)C(=C/C=N\c1ccccn1)/C=C/N. The molecule has 1 rings (SSSR count). The molecule has 0 bridgehead atoms. The highest BCUT2D eigenvalue weighted by atomic mass is 14.9. The van der Waals surface area contributed by atoms with Gasteiger partial charge >= 0.3 is 0 Å². The monoisotopic (exact) mass is 357 g/mol. The van der Waals surface area contributed by atoms with Gasteiger partial charge < -0.3 is 16.8 Å². The standard InChI is InChI=1S/C21H35N5/c1-24-17-12-19(9-5-3-2-4-7-14-22)20(11-15-23)13-18-26-21-10-6-8-16-25-21/h6,8,10-11,13,15-16,18-19,24H,2-5,7,9,12,14,17,22-23H2,1H3/b15-11+,20-13+,26-18-. The van der Waals surface area contributed by atoms with Crippen LogP contribution in [0.15, 0.2) is 53.3 Å². The number of hydrogen-bond acceptors (Lipinski definition) is 5. The fraction of sp³-hybridized carbons (Fsp3) is 0.524. The molecule has 0 radical (unpaired) electrons. The molecule has 1 heterocycles. The van der Waals surface area contributed by atoms with Crippen molar-refractivity contribution in [2.45, 2.75) is 44.9 Å². The van der Waals surface area contributed by atoms with Crippen molar-refractivity contribution in [2.24, 2.45) is 22.4 Å². The Hall–Kier alpha value is -1.98. The fourth-order valence-electron chi connectivity index (χ4n) is 2.93. The van der Waals surface area contributed by atoms with E-state index in [0.29, 0.717) is 11.7 Å². The number of hydrogen-bond donors (Lipinski definition) is 3. The molecule has 5 nitrogen and oxygen atoms in total. The van der Waals surface area contributed by atoms with E-state index in [9.17, 15) is 0 Å². The van der Waals surface area contributed by atoms with E-state index in [1.165, 1.54) is 31.3 Å². The summed E-state index contributed by atoms with van der Waals surface area (Å²) in [7, 11) is 1.99. The molecule has 144 valence electrons. The van der Waals surface area contributed by atoms with Gasteiger partial charge in [0.1, 0.15) is 0 Å². The number of nitrogens with two attached hydrogens (primary N) is 2. The number of aromatic nitrogens is 1. The highest BCUT2D eigenvalue weighted by Crippen LogP contribution is 2.23. The van der Waals surface area contributed by atoms with Crippen molar-refractivity contribution >= 4 is 12.0 Å². The Morgan fingerprint density at radius 3 is 2.69 bits per heavy atom. The van der Waals surface area contributed by atoms with Gasteiger partial charge in [-0.25, -0.2) is 9.98 Å². The van der Waals surface area contributed by atoms with E-state index in [-0.39, 0.29) is 0 Å². The van der Waals surface area contributed by atoms with Gasteiger partial charge in [0, 0.05) is 12.4 Å². The van der Waals surface area contributed by atoms with Crippen molar-refractivity contribution in [2.75, 3.05) is 20.1 Å². The summed E-state index contributed by atoms with van der Waals surface area (Å²) in [6.07, 6.45) is 17.6. The Kier molecular flexibility index (Phi) is 13.0. The lowest BCUT2D eigenvalue weighted by molar-refractivity contribution is 0.475. The third-order valence-corrected chi connectivity index (χ3v) is 4.38. The molecule has 0 spiro atoms. The molecule has 0 saturated heterocycles. The van der Waals surface area contributed by atoms with E-state index in [1.54, 1.807) is 12.4 Å². The van der Waals surface area contributed by atoms with Crippen LogP contribution in [0.4, 0.5) is 5.82 Å². The molecule has 1 aromatic rings. The predicted octanol–water partition coefficient (Wildman–Crippen LogP) is 3.71. The number of pyridine rings is 1. The molecule has 5 N–H and O–H groups in total. The van der Waals surface area contributed by atoms with Gasteiger partial charge in [-0.05, 0) is 81.4 Å². The van der Waals surface area contributed by atoms with Crippen molar-refractivity contribution in [3.8, 4) is 0 Å². The minimum atomic E-state index is 0.479. The smallest absolute Gasteiger partial charge is 0.151 e. The average Bonchev–Trinajstić information content (AvgIpc) is 2.67. The number of nitrogens with zero attached hydrogens (tertiary/aromatic N) is 2. The van der Waals surface area contributed by atoms with Gasteiger partial charge in [-0.15, -0.1) is 0 Å². The zero-order valence-corrected chi connectivity index (χ0v) is 16.1. The van der Waals surface area contributed by atoms with Crippen molar-refractivity contribution in [1.82, 2.24) is 10.3 Å². The molecule has 0 aromatic carbocycles. The highest BCUT2D eigenvalue weighted by Gasteiger charge is 2.11. The first-order chi connectivity index (χ1) is 12.8. The third kappa shape index (κ3) is 10.1. The first-order valence-corrected chi connectivity index (χ1v) is 9.70. The van der Waals surface area contributed by atoms with Gasteiger partial charge in [0.05, 0.1) is 0 Å². The maximum absolute atomic E-state index is 5.68. The van der Waals surface area contributed by atoms with Gasteiger partial charge in [0.25, 0.3) is 0 Å². The largest absolute Gasteiger partial charge is 0.405 e. The molecule has 0 fully saturated rings. The molecular formula is C21H35N5. The quantitative estimate of drug-likeness (QED) is 0.269. The Bertz CT molecular complexity index is 537. The van der Waals surface area contributed by atoms with Gasteiger partial charge in [-0.2, -0.15) is 0 Å². The summed E-state index contributed by atoms with van der Waals surface area (Å²) in [5, 5.41) is 3.26. The summed E-state index contributed by atoms with van der Waals surface area (Å²) in [6, 6.07) is 5.71. The molecule has 26 heavy (non-hydrogen) atoms. The maximum atomic E-state index is 5.68. The van der Waals surface area contributed by atoms with E-state index in [4.69, 9.17) is 11.5 Å². The minimum Gasteiger partial charge on any atom is -0.405 e. The molecule has 1 unspecified atom stereocenters. The van der Waals surface area contributed by atoms with Crippen LogP contribution < -0.4 is 16.8 Å². The first-order valence-electron chi connectivity index (χ1n) is 9.70. The second kappa shape index (κ2) is 15.3. The molecule has 1 aromatic heterocycles. The lowest BCUT2D eigenvalue weighted by Gasteiger charge is -2.18. The van der Waals surface area contributed by atoms with Gasteiger partial charge in [0.2, 0.25) is 0 Å².